The standard InChI is InChI=1S/C11H17NO4S2/c1-7(4-11(13)14)6-12-18(15,16)10-5-8(2)17-9(10)3/h5,7,12H,4,6H2,1-3H3,(H,13,14). The maximum Gasteiger partial charge on any atom is 0.303 e. The van der Waals surface area contributed by atoms with E-state index >= 15 is 0 Å². The Kier molecular flexibility index (Phi) is 4.89. The number of hydrogen-bond acceptors (Lipinski definition) is 4. The van der Waals surface area contributed by atoms with Crippen LogP contribution < -0.4 is 4.72 Å². The molecule has 5 nitrogen and oxygen atoms in total. The normalized spacial score (nSPS) is 13.5. The zero-order valence-electron chi connectivity index (χ0n) is 10.6. The van der Waals surface area contributed by atoms with Crippen LogP contribution in [0.4, 0.5) is 0 Å². The van der Waals surface area contributed by atoms with Crippen LogP contribution in [0.3, 0.4) is 0 Å². The molecule has 0 fully saturated rings. The Morgan fingerprint density at radius 2 is 2.11 bits per heavy atom. The smallest absolute Gasteiger partial charge is 0.303 e. The van der Waals surface area contributed by atoms with Gasteiger partial charge in [0.05, 0.1) is 4.90 Å². The van der Waals surface area contributed by atoms with Crippen molar-refractivity contribution in [3.63, 3.8) is 0 Å². The highest BCUT2D eigenvalue weighted by Gasteiger charge is 2.20. The van der Waals surface area contributed by atoms with Crippen molar-refractivity contribution in [2.45, 2.75) is 32.1 Å². The van der Waals surface area contributed by atoms with Gasteiger partial charge in [-0.1, -0.05) is 6.92 Å². The van der Waals surface area contributed by atoms with Crippen molar-refractivity contribution in [1.82, 2.24) is 4.72 Å². The molecule has 1 unspecified atom stereocenters. The van der Waals surface area contributed by atoms with E-state index in [1.54, 1.807) is 19.9 Å². The summed E-state index contributed by atoms with van der Waals surface area (Å²) in [6, 6.07) is 1.63. The summed E-state index contributed by atoms with van der Waals surface area (Å²) in [4.78, 5) is 12.4. The second-order valence-electron chi connectivity index (χ2n) is 4.33. The molecule has 1 atom stereocenters. The molecule has 102 valence electrons. The van der Waals surface area contributed by atoms with E-state index in [0.29, 0.717) is 0 Å². The van der Waals surface area contributed by atoms with Crippen LogP contribution in [-0.2, 0) is 14.8 Å². The number of nitrogens with one attached hydrogen (secondary N) is 1. The minimum Gasteiger partial charge on any atom is -0.481 e. The summed E-state index contributed by atoms with van der Waals surface area (Å²) in [5.41, 5.74) is 0. The summed E-state index contributed by atoms with van der Waals surface area (Å²) in [5, 5.41) is 8.60. The topological polar surface area (TPSA) is 83.5 Å². The lowest BCUT2D eigenvalue weighted by Crippen LogP contribution is -2.29. The van der Waals surface area contributed by atoms with Gasteiger partial charge in [-0.25, -0.2) is 13.1 Å². The zero-order chi connectivity index (χ0) is 13.9. The second-order valence-corrected chi connectivity index (χ2v) is 7.53. The number of thiophene rings is 1. The quantitative estimate of drug-likeness (QED) is 0.836. The number of carboxylic acids is 1. The van der Waals surface area contributed by atoms with E-state index in [0.717, 1.165) is 9.75 Å². The summed E-state index contributed by atoms with van der Waals surface area (Å²) < 4.78 is 26.5. The Morgan fingerprint density at radius 1 is 1.50 bits per heavy atom. The first-order valence-electron chi connectivity index (χ1n) is 5.51. The maximum absolute atomic E-state index is 12.0. The molecule has 0 aliphatic heterocycles. The Balaban J connectivity index is 2.72. The van der Waals surface area contributed by atoms with Gasteiger partial charge in [0.15, 0.2) is 0 Å². The first-order chi connectivity index (χ1) is 8.22. The average Bonchev–Trinajstić information content (AvgIpc) is 2.55. The molecule has 0 aliphatic rings. The van der Waals surface area contributed by atoms with Gasteiger partial charge in [-0.05, 0) is 25.8 Å². The van der Waals surface area contributed by atoms with Gasteiger partial charge in [-0.2, -0.15) is 0 Å². The van der Waals surface area contributed by atoms with Crippen molar-refractivity contribution >= 4 is 27.3 Å². The van der Waals surface area contributed by atoms with Crippen LogP contribution in [-0.4, -0.2) is 26.0 Å². The fourth-order valence-electron chi connectivity index (χ4n) is 1.57. The number of aryl methyl sites for hydroxylation is 2. The van der Waals surface area contributed by atoms with Gasteiger partial charge >= 0.3 is 5.97 Å². The highest BCUT2D eigenvalue weighted by atomic mass is 32.2. The molecule has 0 radical (unpaired) electrons. The predicted molar refractivity (Wildman–Crippen MR) is 70.4 cm³/mol. The van der Waals surface area contributed by atoms with E-state index in [4.69, 9.17) is 5.11 Å². The number of carboxylic acid groups (broad SMARTS) is 1. The van der Waals surface area contributed by atoms with Gasteiger partial charge in [-0.3, -0.25) is 4.79 Å². The molecule has 0 aromatic carbocycles. The molecular formula is C11H17NO4S2. The Bertz CT molecular complexity index is 533. The van der Waals surface area contributed by atoms with Gasteiger partial charge in [0.25, 0.3) is 0 Å². The minimum atomic E-state index is -3.53. The summed E-state index contributed by atoms with van der Waals surface area (Å²) in [7, 11) is -3.53. The number of rotatable bonds is 6. The Hall–Kier alpha value is -0.920. The summed E-state index contributed by atoms with van der Waals surface area (Å²) >= 11 is 1.43. The third kappa shape index (κ3) is 4.08. The van der Waals surface area contributed by atoms with Crippen LogP contribution in [0.15, 0.2) is 11.0 Å². The van der Waals surface area contributed by atoms with Crippen LogP contribution in [0.1, 0.15) is 23.1 Å². The molecule has 18 heavy (non-hydrogen) atoms. The van der Waals surface area contributed by atoms with Crippen molar-refractivity contribution in [2.24, 2.45) is 5.92 Å². The van der Waals surface area contributed by atoms with Crippen LogP contribution in [0, 0.1) is 19.8 Å². The number of sulfonamides is 1. The van der Waals surface area contributed by atoms with E-state index in [1.807, 2.05) is 6.92 Å². The van der Waals surface area contributed by atoms with Gasteiger partial charge in [-0.15, -0.1) is 11.3 Å². The van der Waals surface area contributed by atoms with Crippen molar-refractivity contribution < 1.29 is 18.3 Å². The fourth-order valence-corrected chi connectivity index (χ4v) is 4.29. The molecule has 0 spiro atoms. The lowest BCUT2D eigenvalue weighted by Gasteiger charge is -2.10. The molecule has 0 saturated carbocycles. The fraction of sp³-hybridized carbons (Fsp3) is 0.545. The molecule has 0 amide bonds. The molecule has 0 saturated heterocycles. The number of hydrogen-bond donors (Lipinski definition) is 2. The minimum absolute atomic E-state index is 0.0514. The van der Waals surface area contributed by atoms with Crippen LogP contribution in [0.5, 0.6) is 0 Å². The maximum atomic E-state index is 12.0. The first-order valence-corrected chi connectivity index (χ1v) is 7.81. The highest BCUT2D eigenvalue weighted by molar-refractivity contribution is 7.89. The van der Waals surface area contributed by atoms with E-state index in [9.17, 15) is 13.2 Å². The van der Waals surface area contributed by atoms with Crippen molar-refractivity contribution in [3.05, 3.63) is 15.8 Å². The molecule has 1 aromatic heterocycles. The lowest BCUT2D eigenvalue weighted by atomic mass is 10.1. The van der Waals surface area contributed by atoms with Crippen LogP contribution >= 0.6 is 11.3 Å². The summed E-state index contributed by atoms with van der Waals surface area (Å²) in [6.07, 6.45) is -0.0514. The molecule has 1 aromatic rings. The zero-order valence-corrected chi connectivity index (χ0v) is 12.2. The van der Waals surface area contributed by atoms with Crippen molar-refractivity contribution in [2.75, 3.05) is 6.54 Å². The Labute approximate surface area is 111 Å². The van der Waals surface area contributed by atoms with Gasteiger partial charge in [0, 0.05) is 22.7 Å². The monoisotopic (exact) mass is 291 g/mol. The lowest BCUT2D eigenvalue weighted by molar-refractivity contribution is -0.137. The van der Waals surface area contributed by atoms with Crippen LogP contribution in [0.2, 0.25) is 0 Å². The van der Waals surface area contributed by atoms with E-state index < -0.39 is 16.0 Å². The summed E-state index contributed by atoms with van der Waals surface area (Å²) in [5.74, 6) is -1.17. The number of carbonyl (C=O) groups is 1. The molecule has 7 heteroatoms. The Morgan fingerprint density at radius 3 is 2.56 bits per heavy atom. The first kappa shape index (κ1) is 15.1. The van der Waals surface area contributed by atoms with Crippen LogP contribution in [0.25, 0.3) is 0 Å². The third-order valence-electron chi connectivity index (χ3n) is 2.43. The molecule has 1 heterocycles. The summed E-state index contributed by atoms with van der Waals surface area (Å²) in [6.45, 7) is 5.43. The molecule has 0 aliphatic carbocycles. The predicted octanol–water partition coefficient (Wildman–Crippen LogP) is 1.75. The SMILES string of the molecule is Cc1cc(S(=O)(=O)NCC(C)CC(=O)O)c(C)s1. The van der Waals surface area contributed by atoms with E-state index in [2.05, 4.69) is 4.72 Å². The molecule has 0 bridgehead atoms. The largest absolute Gasteiger partial charge is 0.481 e. The molecule has 2 N–H and O–H groups in total. The third-order valence-corrected chi connectivity index (χ3v) is 5.07. The second kappa shape index (κ2) is 5.81. The van der Waals surface area contributed by atoms with Gasteiger partial charge < -0.3 is 5.11 Å². The van der Waals surface area contributed by atoms with E-state index in [1.165, 1.54) is 11.3 Å². The van der Waals surface area contributed by atoms with Crippen molar-refractivity contribution in [3.8, 4) is 0 Å². The van der Waals surface area contributed by atoms with Gasteiger partial charge in [0.2, 0.25) is 10.0 Å². The van der Waals surface area contributed by atoms with E-state index in [-0.39, 0.29) is 23.8 Å². The molecular weight excluding hydrogens is 274 g/mol. The number of aliphatic carboxylic acids is 1. The van der Waals surface area contributed by atoms with Gasteiger partial charge in [0.1, 0.15) is 0 Å². The highest BCUT2D eigenvalue weighted by Crippen LogP contribution is 2.24. The molecule has 1 rings (SSSR count). The average molecular weight is 291 g/mol. The van der Waals surface area contributed by atoms with Crippen molar-refractivity contribution in [1.29, 1.82) is 0 Å².